The molecule has 4 nitrogen and oxygen atoms in total. The zero-order valence-corrected chi connectivity index (χ0v) is 10.6. The average Bonchev–Trinajstić information content (AvgIpc) is 2.66. The van der Waals surface area contributed by atoms with Gasteiger partial charge in [-0.25, -0.2) is 0 Å². The maximum atomic E-state index is 11.9. The Kier molecular flexibility index (Phi) is 4.10. The van der Waals surface area contributed by atoms with Crippen molar-refractivity contribution in [3.63, 3.8) is 0 Å². The van der Waals surface area contributed by atoms with Gasteiger partial charge in [0.05, 0.1) is 0 Å². The van der Waals surface area contributed by atoms with Crippen molar-refractivity contribution in [2.75, 3.05) is 5.32 Å². The fraction of sp³-hybridized carbons (Fsp3) is 0.667. The van der Waals surface area contributed by atoms with E-state index in [1.54, 1.807) is 0 Å². The summed E-state index contributed by atoms with van der Waals surface area (Å²) >= 11 is 0. The Morgan fingerprint density at radius 1 is 1.50 bits per heavy atom. The lowest BCUT2D eigenvalue weighted by molar-refractivity contribution is -0.124. The average molecular weight is 223 g/mol. The number of carbonyl (C=O) groups is 1. The Bertz CT molecular complexity index is 355. The second-order valence-electron chi connectivity index (χ2n) is 4.72. The summed E-state index contributed by atoms with van der Waals surface area (Å²) in [5.74, 6) is 0.638. The summed E-state index contributed by atoms with van der Waals surface area (Å²) in [5.41, 5.74) is 0.719. The highest BCUT2D eigenvalue weighted by Crippen LogP contribution is 2.21. The highest BCUT2D eigenvalue weighted by Gasteiger charge is 2.25. The summed E-state index contributed by atoms with van der Waals surface area (Å²) < 4.78 is 0. The Hall–Kier alpha value is -1.32. The number of H-pyrrole nitrogens is 1. The normalized spacial score (nSPS) is 11.5. The Labute approximate surface area is 96.8 Å². The molecule has 0 aliphatic rings. The first-order valence-corrected chi connectivity index (χ1v) is 5.85. The molecule has 0 atom stereocenters. The van der Waals surface area contributed by atoms with Crippen LogP contribution in [0.1, 0.15) is 46.2 Å². The molecule has 2 N–H and O–H groups in total. The second kappa shape index (κ2) is 5.14. The first kappa shape index (κ1) is 12.7. The SMILES string of the molecule is CCCc1cc(NC(=O)C(C)(C)CC)n[nH]1. The van der Waals surface area contributed by atoms with Crippen LogP contribution < -0.4 is 5.32 Å². The zero-order chi connectivity index (χ0) is 12.2. The predicted molar refractivity (Wildman–Crippen MR) is 65.3 cm³/mol. The van der Waals surface area contributed by atoms with Crippen molar-refractivity contribution < 1.29 is 4.79 Å². The molecule has 1 aromatic rings. The summed E-state index contributed by atoms with van der Waals surface area (Å²) in [6.07, 6.45) is 2.83. The van der Waals surface area contributed by atoms with Gasteiger partial charge in [0.1, 0.15) is 0 Å². The lowest BCUT2D eigenvalue weighted by Crippen LogP contribution is -2.30. The zero-order valence-electron chi connectivity index (χ0n) is 10.6. The molecule has 0 radical (unpaired) electrons. The van der Waals surface area contributed by atoms with E-state index in [1.807, 2.05) is 26.8 Å². The van der Waals surface area contributed by atoms with Crippen LogP contribution in [0.15, 0.2) is 6.07 Å². The third-order valence-electron chi connectivity index (χ3n) is 2.89. The lowest BCUT2D eigenvalue weighted by Gasteiger charge is -2.20. The number of hydrogen-bond acceptors (Lipinski definition) is 2. The molecular formula is C12H21N3O. The molecule has 4 heteroatoms. The Morgan fingerprint density at radius 3 is 2.75 bits per heavy atom. The van der Waals surface area contributed by atoms with E-state index in [2.05, 4.69) is 22.4 Å². The highest BCUT2D eigenvalue weighted by molar-refractivity contribution is 5.93. The standard InChI is InChI=1S/C12H21N3O/c1-5-7-9-8-10(15-14-9)13-11(16)12(3,4)6-2/h8H,5-7H2,1-4H3,(H2,13,14,15,16). The number of aromatic nitrogens is 2. The van der Waals surface area contributed by atoms with Gasteiger partial charge in [0, 0.05) is 17.2 Å². The van der Waals surface area contributed by atoms with Crippen molar-refractivity contribution in [2.24, 2.45) is 5.41 Å². The monoisotopic (exact) mass is 223 g/mol. The van der Waals surface area contributed by atoms with Gasteiger partial charge in [-0.1, -0.05) is 34.1 Å². The molecule has 1 aromatic heterocycles. The van der Waals surface area contributed by atoms with E-state index < -0.39 is 0 Å². The van der Waals surface area contributed by atoms with Crippen LogP contribution in [-0.2, 0) is 11.2 Å². The minimum atomic E-state index is -0.343. The van der Waals surface area contributed by atoms with Crippen molar-refractivity contribution in [2.45, 2.75) is 47.0 Å². The van der Waals surface area contributed by atoms with E-state index in [0.29, 0.717) is 5.82 Å². The molecule has 0 aliphatic carbocycles. The highest BCUT2D eigenvalue weighted by atomic mass is 16.2. The lowest BCUT2D eigenvalue weighted by atomic mass is 9.89. The van der Waals surface area contributed by atoms with E-state index in [-0.39, 0.29) is 11.3 Å². The molecule has 0 spiro atoms. The third-order valence-corrected chi connectivity index (χ3v) is 2.89. The van der Waals surface area contributed by atoms with Gasteiger partial charge in [-0.3, -0.25) is 9.89 Å². The van der Waals surface area contributed by atoms with Crippen molar-refractivity contribution in [1.82, 2.24) is 10.2 Å². The first-order valence-electron chi connectivity index (χ1n) is 5.85. The minimum absolute atomic E-state index is 0.0181. The number of amides is 1. The van der Waals surface area contributed by atoms with E-state index >= 15 is 0 Å². The summed E-state index contributed by atoms with van der Waals surface area (Å²) in [5, 5.41) is 9.81. The number of aromatic amines is 1. The van der Waals surface area contributed by atoms with Crippen LogP contribution in [0, 0.1) is 5.41 Å². The third kappa shape index (κ3) is 3.08. The number of aryl methyl sites for hydroxylation is 1. The number of hydrogen-bond donors (Lipinski definition) is 2. The predicted octanol–water partition coefficient (Wildman–Crippen LogP) is 2.74. The molecule has 0 aliphatic heterocycles. The number of nitrogens with one attached hydrogen (secondary N) is 2. The van der Waals surface area contributed by atoms with E-state index in [1.165, 1.54) is 0 Å². The fourth-order valence-corrected chi connectivity index (χ4v) is 1.27. The molecule has 16 heavy (non-hydrogen) atoms. The van der Waals surface area contributed by atoms with Crippen LogP contribution >= 0.6 is 0 Å². The van der Waals surface area contributed by atoms with Crippen LogP contribution in [0.3, 0.4) is 0 Å². The van der Waals surface area contributed by atoms with E-state index in [4.69, 9.17) is 0 Å². The number of anilines is 1. The maximum Gasteiger partial charge on any atom is 0.231 e. The van der Waals surface area contributed by atoms with Gasteiger partial charge < -0.3 is 5.32 Å². The van der Waals surface area contributed by atoms with Crippen molar-refractivity contribution in [3.8, 4) is 0 Å². The van der Waals surface area contributed by atoms with Gasteiger partial charge in [-0.2, -0.15) is 5.10 Å². The second-order valence-corrected chi connectivity index (χ2v) is 4.72. The van der Waals surface area contributed by atoms with E-state index in [9.17, 15) is 4.79 Å². The van der Waals surface area contributed by atoms with Crippen molar-refractivity contribution >= 4 is 11.7 Å². The first-order chi connectivity index (χ1) is 7.49. The molecule has 1 heterocycles. The van der Waals surface area contributed by atoms with Gasteiger partial charge in [-0.15, -0.1) is 0 Å². The quantitative estimate of drug-likeness (QED) is 0.806. The fourth-order valence-electron chi connectivity index (χ4n) is 1.27. The van der Waals surface area contributed by atoms with Crippen molar-refractivity contribution in [1.29, 1.82) is 0 Å². The summed E-state index contributed by atoms with van der Waals surface area (Å²) in [6, 6.07) is 1.90. The van der Waals surface area contributed by atoms with Gasteiger partial charge >= 0.3 is 0 Å². The molecule has 90 valence electrons. The summed E-state index contributed by atoms with van der Waals surface area (Å²) in [6.45, 7) is 7.98. The number of rotatable bonds is 5. The van der Waals surface area contributed by atoms with Gasteiger partial charge in [0.2, 0.25) is 5.91 Å². The summed E-state index contributed by atoms with van der Waals surface area (Å²) in [4.78, 5) is 11.9. The molecule has 1 amide bonds. The smallest absolute Gasteiger partial charge is 0.231 e. The van der Waals surface area contributed by atoms with Gasteiger partial charge in [-0.05, 0) is 12.8 Å². The van der Waals surface area contributed by atoms with Crippen LogP contribution in [0.4, 0.5) is 5.82 Å². The number of carbonyl (C=O) groups excluding carboxylic acids is 1. The molecule has 0 saturated carbocycles. The van der Waals surface area contributed by atoms with Crippen LogP contribution in [0.2, 0.25) is 0 Å². The summed E-state index contributed by atoms with van der Waals surface area (Å²) in [7, 11) is 0. The Morgan fingerprint density at radius 2 is 2.19 bits per heavy atom. The van der Waals surface area contributed by atoms with Crippen LogP contribution in [0.25, 0.3) is 0 Å². The van der Waals surface area contributed by atoms with E-state index in [0.717, 1.165) is 25.0 Å². The van der Waals surface area contributed by atoms with Gasteiger partial charge in [0.15, 0.2) is 5.82 Å². The van der Waals surface area contributed by atoms with Crippen molar-refractivity contribution in [3.05, 3.63) is 11.8 Å². The maximum absolute atomic E-state index is 11.9. The Balaban J connectivity index is 2.63. The molecule has 0 bridgehead atoms. The van der Waals surface area contributed by atoms with Crippen LogP contribution in [0.5, 0.6) is 0 Å². The minimum Gasteiger partial charge on any atom is -0.309 e. The molecule has 0 aromatic carbocycles. The molecule has 0 unspecified atom stereocenters. The molecule has 0 saturated heterocycles. The molecular weight excluding hydrogens is 202 g/mol. The van der Waals surface area contributed by atoms with Gasteiger partial charge in [0.25, 0.3) is 0 Å². The largest absolute Gasteiger partial charge is 0.309 e. The molecule has 1 rings (SSSR count). The number of nitrogens with zero attached hydrogens (tertiary/aromatic N) is 1. The van der Waals surface area contributed by atoms with Crippen LogP contribution in [-0.4, -0.2) is 16.1 Å². The molecule has 0 fully saturated rings. The topological polar surface area (TPSA) is 57.8 Å².